The van der Waals surface area contributed by atoms with E-state index in [2.05, 4.69) is 9.89 Å². The van der Waals surface area contributed by atoms with Crippen molar-refractivity contribution in [3.8, 4) is 0 Å². The molecule has 5 heteroatoms. The first-order valence-corrected chi connectivity index (χ1v) is 6.56. The first-order chi connectivity index (χ1) is 9.72. The number of anilines is 1. The zero-order chi connectivity index (χ0) is 13.9. The number of benzene rings is 1. The first kappa shape index (κ1) is 12.8. The van der Waals surface area contributed by atoms with Crippen LogP contribution >= 0.6 is 0 Å². The van der Waals surface area contributed by atoms with Gasteiger partial charge in [0.15, 0.2) is 11.7 Å². The van der Waals surface area contributed by atoms with Gasteiger partial charge in [-0.1, -0.05) is 0 Å². The Kier molecular flexibility index (Phi) is 3.50. The van der Waals surface area contributed by atoms with E-state index in [4.69, 9.17) is 4.42 Å². The van der Waals surface area contributed by atoms with Gasteiger partial charge in [0.1, 0.15) is 11.6 Å². The van der Waals surface area contributed by atoms with Crippen LogP contribution in [0.2, 0.25) is 0 Å². The maximum atomic E-state index is 13.4. The summed E-state index contributed by atoms with van der Waals surface area (Å²) in [6.45, 7) is 1.99. The molecule has 20 heavy (non-hydrogen) atoms. The number of halogens is 2. The minimum atomic E-state index is -0.687. The second kappa shape index (κ2) is 5.45. The van der Waals surface area contributed by atoms with Crippen LogP contribution in [0.4, 0.5) is 20.4 Å². The molecule has 3 rings (SSSR count). The molecule has 1 aliphatic rings. The SMILES string of the molecule is Fc1ccc(N=Cc2ccc(N3CCCC3)o2)c(F)c1. The van der Waals surface area contributed by atoms with Crippen LogP contribution in [0.5, 0.6) is 0 Å². The van der Waals surface area contributed by atoms with Crippen molar-refractivity contribution in [2.75, 3.05) is 18.0 Å². The summed E-state index contributed by atoms with van der Waals surface area (Å²) >= 11 is 0. The molecular weight excluding hydrogens is 262 g/mol. The monoisotopic (exact) mass is 276 g/mol. The maximum Gasteiger partial charge on any atom is 0.196 e. The molecule has 0 bridgehead atoms. The lowest BCUT2D eigenvalue weighted by atomic mass is 10.3. The fourth-order valence-electron chi connectivity index (χ4n) is 2.24. The lowest BCUT2D eigenvalue weighted by Gasteiger charge is -2.12. The molecule has 0 amide bonds. The largest absolute Gasteiger partial charge is 0.440 e. The summed E-state index contributed by atoms with van der Waals surface area (Å²) in [5.41, 5.74) is 0.0884. The molecule has 1 saturated heterocycles. The van der Waals surface area contributed by atoms with Gasteiger partial charge in [-0.05, 0) is 31.0 Å². The van der Waals surface area contributed by atoms with Crippen LogP contribution in [0.25, 0.3) is 0 Å². The van der Waals surface area contributed by atoms with Gasteiger partial charge in [0, 0.05) is 25.2 Å². The first-order valence-electron chi connectivity index (χ1n) is 6.56. The molecule has 2 aromatic rings. The number of hydrogen-bond acceptors (Lipinski definition) is 3. The number of hydrogen-bond donors (Lipinski definition) is 0. The van der Waals surface area contributed by atoms with Gasteiger partial charge in [-0.15, -0.1) is 0 Å². The van der Waals surface area contributed by atoms with Crippen molar-refractivity contribution in [2.24, 2.45) is 4.99 Å². The van der Waals surface area contributed by atoms with E-state index in [-0.39, 0.29) is 5.69 Å². The van der Waals surface area contributed by atoms with Gasteiger partial charge in [0.05, 0.1) is 11.9 Å². The van der Waals surface area contributed by atoms with Crippen molar-refractivity contribution in [2.45, 2.75) is 12.8 Å². The van der Waals surface area contributed by atoms with Gasteiger partial charge in [0.25, 0.3) is 0 Å². The quantitative estimate of drug-likeness (QED) is 0.795. The fourth-order valence-corrected chi connectivity index (χ4v) is 2.24. The molecule has 0 unspecified atom stereocenters. The highest BCUT2D eigenvalue weighted by Gasteiger charge is 2.15. The van der Waals surface area contributed by atoms with Crippen molar-refractivity contribution in [1.82, 2.24) is 0 Å². The van der Waals surface area contributed by atoms with Gasteiger partial charge in [-0.2, -0.15) is 0 Å². The summed E-state index contributed by atoms with van der Waals surface area (Å²) in [5, 5.41) is 0. The Morgan fingerprint density at radius 1 is 1.10 bits per heavy atom. The topological polar surface area (TPSA) is 28.7 Å². The van der Waals surface area contributed by atoms with E-state index >= 15 is 0 Å². The summed E-state index contributed by atoms with van der Waals surface area (Å²) in [6.07, 6.45) is 3.78. The van der Waals surface area contributed by atoms with E-state index in [1.807, 2.05) is 6.07 Å². The molecule has 2 heterocycles. The molecule has 0 atom stereocenters. The molecule has 1 aromatic carbocycles. The lowest BCUT2D eigenvalue weighted by molar-refractivity contribution is 0.550. The van der Waals surface area contributed by atoms with Crippen LogP contribution in [-0.4, -0.2) is 19.3 Å². The zero-order valence-corrected chi connectivity index (χ0v) is 10.9. The Morgan fingerprint density at radius 2 is 1.90 bits per heavy atom. The molecule has 3 nitrogen and oxygen atoms in total. The minimum absolute atomic E-state index is 0.0884. The molecule has 1 fully saturated rings. The Labute approximate surface area is 115 Å². The van der Waals surface area contributed by atoms with Crippen LogP contribution in [0.3, 0.4) is 0 Å². The Morgan fingerprint density at radius 3 is 2.65 bits per heavy atom. The molecule has 0 aliphatic carbocycles. The van der Waals surface area contributed by atoms with E-state index in [1.54, 1.807) is 6.07 Å². The van der Waals surface area contributed by atoms with Crippen LogP contribution in [-0.2, 0) is 0 Å². The van der Waals surface area contributed by atoms with E-state index in [1.165, 1.54) is 31.2 Å². The van der Waals surface area contributed by atoms with Crippen molar-refractivity contribution >= 4 is 17.8 Å². The Balaban J connectivity index is 1.75. The highest BCUT2D eigenvalue weighted by atomic mass is 19.1. The van der Waals surface area contributed by atoms with E-state index < -0.39 is 11.6 Å². The molecule has 0 spiro atoms. The van der Waals surface area contributed by atoms with Crippen molar-refractivity contribution in [3.63, 3.8) is 0 Å². The molecule has 104 valence electrons. The van der Waals surface area contributed by atoms with Crippen LogP contribution < -0.4 is 4.90 Å². The third kappa shape index (κ3) is 2.71. The number of aliphatic imine (C=N–C) groups is 1. The highest BCUT2D eigenvalue weighted by Crippen LogP contribution is 2.23. The summed E-state index contributed by atoms with van der Waals surface area (Å²) in [6, 6.07) is 6.95. The van der Waals surface area contributed by atoms with Gasteiger partial charge < -0.3 is 9.32 Å². The molecular formula is C15H14F2N2O. The summed E-state index contributed by atoms with van der Waals surface area (Å²) in [5.74, 6) is 0.0579. The third-order valence-electron chi connectivity index (χ3n) is 3.27. The average molecular weight is 276 g/mol. The van der Waals surface area contributed by atoms with E-state index in [0.717, 1.165) is 25.0 Å². The minimum Gasteiger partial charge on any atom is -0.440 e. The van der Waals surface area contributed by atoms with Crippen molar-refractivity contribution in [1.29, 1.82) is 0 Å². The summed E-state index contributed by atoms with van der Waals surface area (Å²) < 4.78 is 31.8. The smallest absolute Gasteiger partial charge is 0.196 e. The molecule has 1 aromatic heterocycles. The van der Waals surface area contributed by atoms with E-state index in [0.29, 0.717) is 5.76 Å². The normalized spacial score (nSPS) is 15.4. The van der Waals surface area contributed by atoms with Crippen LogP contribution in [0.15, 0.2) is 39.7 Å². The maximum absolute atomic E-state index is 13.4. The van der Waals surface area contributed by atoms with Gasteiger partial charge in [0.2, 0.25) is 0 Å². The van der Waals surface area contributed by atoms with E-state index in [9.17, 15) is 8.78 Å². The predicted molar refractivity (Wildman–Crippen MR) is 73.8 cm³/mol. The standard InChI is InChI=1S/C15H14F2N2O/c16-11-3-5-14(13(17)9-11)18-10-12-4-6-15(20-12)19-7-1-2-8-19/h3-6,9-10H,1-2,7-8H2. The summed E-state index contributed by atoms with van der Waals surface area (Å²) in [7, 11) is 0. The predicted octanol–water partition coefficient (Wildman–Crippen LogP) is 3.91. The number of furan rings is 1. The summed E-state index contributed by atoms with van der Waals surface area (Å²) in [4.78, 5) is 6.14. The second-order valence-corrected chi connectivity index (χ2v) is 4.72. The van der Waals surface area contributed by atoms with Gasteiger partial charge in [-0.25, -0.2) is 13.8 Å². The average Bonchev–Trinajstić information content (AvgIpc) is 3.08. The van der Waals surface area contributed by atoms with Gasteiger partial charge in [-0.3, -0.25) is 0 Å². The lowest BCUT2D eigenvalue weighted by Crippen LogP contribution is -2.16. The Hall–Kier alpha value is -2.17. The fraction of sp³-hybridized carbons (Fsp3) is 0.267. The third-order valence-corrected chi connectivity index (χ3v) is 3.27. The number of rotatable bonds is 3. The number of nitrogens with zero attached hydrogens (tertiary/aromatic N) is 2. The van der Waals surface area contributed by atoms with Crippen molar-refractivity contribution < 1.29 is 13.2 Å². The molecule has 0 N–H and O–H groups in total. The zero-order valence-electron chi connectivity index (χ0n) is 10.9. The van der Waals surface area contributed by atoms with Crippen LogP contribution in [0, 0.1) is 11.6 Å². The van der Waals surface area contributed by atoms with Crippen LogP contribution in [0.1, 0.15) is 18.6 Å². The Bertz CT molecular complexity index is 631. The molecule has 0 radical (unpaired) electrons. The molecule has 0 saturated carbocycles. The highest BCUT2D eigenvalue weighted by molar-refractivity contribution is 5.79. The second-order valence-electron chi connectivity index (χ2n) is 4.72. The van der Waals surface area contributed by atoms with Gasteiger partial charge >= 0.3 is 0 Å². The molecule has 1 aliphatic heterocycles. The van der Waals surface area contributed by atoms with Crippen molar-refractivity contribution in [3.05, 3.63) is 47.7 Å².